The van der Waals surface area contributed by atoms with Crippen LogP contribution >= 0.6 is 0 Å². The summed E-state index contributed by atoms with van der Waals surface area (Å²) in [5, 5.41) is 22.1. The van der Waals surface area contributed by atoms with Gasteiger partial charge in [-0.2, -0.15) is 0 Å². The summed E-state index contributed by atoms with van der Waals surface area (Å²) in [4.78, 5) is 34.8. The predicted octanol–water partition coefficient (Wildman–Crippen LogP) is 5.54. The molecule has 3 aliphatic rings. The van der Waals surface area contributed by atoms with Gasteiger partial charge in [-0.25, -0.2) is 4.79 Å². The maximum absolute atomic E-state index is 13.3. The maximum atomic E-state index is 13.3. The number of amides is 1. The number of carbonyl (C=O) groups excluding carboxylic acids is 2. The second-order valence-electron chi connectivity index (χ2n) is 13.4. The molecular weight excluding hydrogens is 570 g/mol. The molecule has 0 bridgehead atoms. The van der Waals surface area contributed by atoms with Gasteiger partial charge < -0.3 is 24.6 Å². The minimum absolute atomic E-state index is 0.106. The van der Waals surface area contributed by atoms with Gasteiger partial charge in [0.2, 0.25) is 0 Å². The number of ether oxygens (including phenoxy) is 2. The third-order valence-corrected chi connectivity index (χ3v) is 9.58. The Morgan fingerprint density at radius 1 is 1.13 bits per heavy atom. The molecule has 0 aromatic carbocycles. The molecule has 1 aromatic heterocycles. The van der Waals surface area contributed by atoms with Gasteiger partial charge in [-0.1, -0.05) is 63.5 Å². The van der Waals surface area contributed by atoms with E-state index < -0.39 is 36.0 Å². The number of rotatable bonds is 6. The molecule has 9 nitrogen and oxygen atoms in total. The van der Waals surface area contributed by atoms with Gasteiger partial charge in [-0.3, -0.25) is 14.7 Å². The monoisotopic (exact) mass is 623 g/mol. The van der Waals surface area contributed by atoms with E-state index in [-0.39, 0.29) is 31.1 Å². The second-order valence-corrected chi connectivity index (χ2v) is 13.4. The van der Waals surface area contributed by atoms with Crippen molar-refractivity contribution in [3.05, 3.63) is 66.0 Å². The first-order chi connectivity index (χ1) is 21.5. The molecule has 248 valence electrons. The number of cyclic esters (lactones) is 1. The molecule has 9 heteroatoms. The molecule has 1 aliphatic carbocycles. The van der Waals surface area contributed by atoms with Gasteiger partial charge >= 0.3 is 12.1 Å². The van der Waals surface area contributed by atoms with E-state index >= 15 is 0 Å². The zero-order chi connectivity index (χ0) is 32.4. The highest BCUT2D eigenvalue weighted by molar-refractivity contribution is 5.70. The van der Waals surface area contributed by atoms with Crippen LogP contribution < -0.4 is 0 Å². The third kappa shape index (κ3) is 10.2. The van der Waals surface area contributed by atoms with Crippen LogP contribution in [0.2, 0.25) is 0 Å². The Morgan fingerprint density at radius 2 is 1.87 bits per heavy atom. The number of aliphatic hydroxyl groups is 2. The number of allylic oxidation sites excluding steroid dienone is 3. The average molecular weight is 624 g/mol. The number of nitrogens with zero attached hydrogens (tertiary/aromatic N) is 3. The Bertz CT molecular complexity index is 1180. The third-order valence-electron chi connectivity index (χ3n) is 9.58. The van der Waals surface area contributed by atoms with Crippen LogP contribution in [0.3, 0.4) is 0 Å². The molecule has 2 N–H and O–H groups in total. The van der Waals surface area contributed by atoms with Crippen LogP contribution in [-0.4, -0.2) is 93.2 Å². The quantitative estimate of drug-likeness (QED) is 0.241. The van der Waals surface area contributed by atoms with E-state index in [1.165, 1.54) is 32.1 Å². The first-order valence-electron chi connectivity index (χ1n) is 16.8. The van der Waals surface area contributed by atoms with E-state index in [1.807, 2.05) is 56.4 Å². The zero-order valence-electron chi connectivity index (χ0n) is 27.5. The smallest absolute Gasteiger partial charge is 0.410 e. The lowest BCUT2D eigenvalue weighted by Gasteiger charge is -2.41. The summed E-state index contributed by atoms with van der Waals surface area (Å²) in [7, 11) is 0. The summed E-state index contributed by atoms with van der Waals surface area (Å²) in [6.45, 7) is 10.4. The van der Waals surface area contributed by atoms with Gasteiger partial charge in [0.25, 0.3) is 0 Å². The zero-order valence-corrected chi connectivity index (χ0v) is 27.5. The van der Waals surface area contributed by atoms with Crippen LogP contribution in [0, 0.1) is 5.92 Å². The lowest BCUT2D eigenvalue weighted by Crippen LogP contribution is -2.53. The van der Waals surface area contributed by atoms with E-state index in [2.05, 4.69) is 16.8 Å². The van der Waals surface area contributed by atoms with E-state index in [0.717, 1.165) is 24.4 Å². The van der Waals surface area contributed by atoms with Gasteiger partial charge in [-0.05, 0) is 63.3 Å². The van der Waals surface area contributed by atoms with Crippen molar-refractivity contribution >= 4 is 12.1 Å². The molecule has 3 heterocycles. The molecule has 1 unspecified atom stereocenters. The summed E-state index contributed by atoms with van der Waals surface area (Å²) in [6, 6.07) is 6.44. The summed E-state index contributed by atoms with van der Waals surface area (Å²) in [5.41, 5.74) is 0.346. The predicted molar refractivity (Wildman–Crippen MR) is 175 cm³/mol. The van der Waals surface area contributed by atoms with Crippen LogP contribution in [0.15, 0.2) is 60.3 Å². The molecule has 2 aliphatic heterocycles. The van der Waals surface area contributed by atoms with Crippen molar-refractivity contribution in [1.29, 1.82) is 0 Å². The van der Waals surface area contributed by atoms with E-state index in [4.69, 9.17) is 9.47 Å². The van der Waals surface area contributed by atoms with Crippen molar-refractivity contribution in [2.24, 2.45) is 5.92 Å². The highest BCUT2D eigenvalue weighted by Crippen LogP contribution is 2.28. The molecule has 6 atom stereocenters. The molecule has 1 aromatic rings. The molecular formula is C36H53N3O6. The van der Waals surface area contributed by atoms with Crippen molar-refractivity contribution in [2.45, 2.75) is 115 Å². The fourth-order valence-electron chi connectivity index (χ4n) is 6.56. The molecule has 0 spiro atoms. The Morgan fingerprint density at radius 3 is 2.56 bits per heavy atom. The molecule has 0 radical (unpaired) electrons. The molecule has 1 amide bonds. The number of aliphatic hydroxyl groups excluding tert-OH is 1. The number of hydrogen-bond donors (Lipinski definition) is 2. The van der Waals surface area contributed by atoms with Crippen molar-refractivity contribution in [3.8, 4) is 0 Å². The molecule has 45 heavy (non-hydrogen) atoms. The minimum atomic E-state index is -1.44. The number of pyridine rings is 1. The van der Waals surface area contributed by atoms with E-state index in [9.17, 15) is 19.8 Å². The molecule has 1 saturated heterocycles. The fourth-order valence-corrected chi connectivity index (χ4v) is 6.56. The standard InChI is InChI=1S/C36H53N3O6/c1-26(31-15-8-9-20-37-31)11-10-12-27(2)34-28(3)16-17-32(36(4,43)19-18-30(40)25-33(41)45-34)44-35(42)39-23-21-38(22-24-39)29-13-6-5-7-14-29/h8-12,15-17,20,26,28-30,32,34,40,43H,5-7,13-14,18-19,21-25H2,1-4H3/b11-10+,17-16+,27-12+/t26?,28-,30-,32-,34+,36-/m0/s1. The largest absolute Gasteiger partial charge is 0.457 e. The van der Waals surface area contributed by atoms with Gasteiger partial charge in [0.1, 0.15) is 11.7 Å². The summed E-state index contributed by atoms with van der Waals surface area (Å²) >= 11 is 0. The first kappa shape index (κ1) is 34.9. The number of piperazine rings is 1. The van der Waals surface area contributed by atoms with Gasteiger partial charge in [0, 0.05) is 55.9 Å². The number of aromatic nitrogens is 1. The van der Waals surface area contributed by atoms with E-state index in [1.54, 1.807) is 24.1 Å². The molecule has 2 fully saturated rings. The Hall–Kier alpha value is -3.01. The van der Waals surface area contributed by atoms with Gasteiger partial charge in [0.05, 0.1) is 12.5 Å². The second kappa shape index (κ2) is 16.5. The summed E-state index contributed by atoms with van der Waals surface area (Å²) in [5.74, 6) is -0.684. The number of esters is 1. The van der Waals surface area contributed by atoms with Crippen LogP contribution in [-0.2, 0) is 14.3 Å². The molecule has 4 rings (SSSR count). The van der Waals surface area contributed by atoms with Crippen molar-refractivity contribution < 1.29 is 29.3 Å². The molecule has 1 saturated carbocycles. The van der Waals surface area contributed by atoms with Crippen LogP contribution in [0.25, 0.3) is 0 Å². The number of hydrogen-bond acceptors (Lipinski definition) is 8. The SMILES string of the molecule is C/C(=C\C=C\C(C)c1ccccn1)[C@H]1OC(=O)C[C@@H](O)CC[C@](C)(O)[C@@H](OC(=O)N2CCN(C3CCCCC3)CC2)/C=C/[C@@H]1C. The lowest BCUT2D eigenvalue weighted by molar-refractivity contribution is -0.151. The highest BCUT2D eigenvalue weighted by atomic mass is 16.6. The Labute approximate surface area is 269 Å². The van der Waals surface area contributed by atoms with Gasteiger partial charge in [-0.15, -0.1) is 0 Å². The summed E-state index contributed by atoms with van der Waals surface area (Å²) in [6.07, 6.45) is 14.7. The Kier molecular flexibility index (Phi) is 12.8. The van der Waals surface area contributed by atoms with Gasteiger partial charge in [0.15, 0.2) is 6.10 Å². The highest BCUT2D eigenvalue weighted by Gasteiger charge is 2.37. The van der Waals surface area contributed by atoms with Crippen molar-refractivity contribution in [1.82, 2.24) is 14.8 Å². The maximum Gasteiger partial charge on any atom is 0.410 e. The minimum Gasteiger partial charge on any atom is -0.457 e. The number of carbonyl (C=O) groups is 2. The van der Waals surface area contributed by atoms with Crippen molar-refractivity contribution in [2.75, 3.05) is 26.2 Å². The van der Waals surface area contributed by atoms with E-state index in [0.29, 0.717) is 19.1 Å². The van der Waals surface area contributed by atoms with Crippen LogP contribution in [0.5, 0.6) is 0 Å². The summed E-state index contributed by atoms with van der Waals surface area (Å²) < 4.78 is 11.9. The average Bonchev–Trinajstić information content (AvgIpc) is 3.04. The van der Waals surface area contributed by atoms with Crippen LogP contribution in [0.1, 0.15) is 90.7 Å². The van der Waals surface area contributed by atoms with Crippen molar-refractivity contribution in [3.63, 3.8) is 0 Å². The lowest BCUT2D eigenvalue weighted by atomic mass is 9.88. The van der Waals surface area contributed by atoms with Crippen LogP contribution in [0.4, 0.5) is 4.79 Å². The topological polar surface area (TPSA) is 112 Å². The Balaban J connectivity index is 1.46. The fraction of sp³-hybridized carbons (Fsp3) is 0.639. The first-order valence-corrected chi connectivity index (χ1v) is 16.8. The normalized spacial score (nSPS) is 31.5.